The molecule has 0 fully saturated rings. The van der Waals surface area contributed by atoms with Gasteiger partial charge in [-0.05, 0) is 64.7 Å². The summed E-state index contributed by atoms with van der Waals surface area (Å²) in [5, 5.41) is 0.992. The maximum absolute atomic E-state index is 6.62. The number of para-hydroxylation sites is 2. The average molecular weight is 530 g/mol. The van der Waals surface area contributed by atoms with Gasteiger partial charge in [-0.1, -0.05) is 74.3 Å². The zero-order valence-corrected chi connectivity index (χ0v) is 19.3. The molecule has 2 aliphatic rings. The van der Waals surface area contributed by atoms with Crippen LogP contribution in [-0.4, -0.2) is 0 Å². The Hall–Kier alpha value is -2.82. The normalized spacial score (nSPS) is 14.6. The number of benzene rings is 4. The van der Waals surface area contributed by atoms with Gasteiger partial charge >= 0.3 is 0 Å². The third-order valence-corrected chi connectivity index (χ3v) is 7.44. The molecular weight excluding hydrogens is 516 g/mol. The predicted molar refractivity (Wildman–Crippen MR) is 129 cm³/mol. The van der Waals surface area contributed by atoms with Crippen LogP contribution >= 0.6 is 31.9 Å². The molecule has 0 saturated heterocycles. The van der Waals surface area contributed by atoms with Crippen LogP contribution in [0.1, 0.15) is 22.5 Å². The van der Waals surface area contributed by atoms with Gasteiger partial charge in [-0.3, -0.25) is 0 Å². The van der Waals surface area contributed by atoms with Crippen molar-refractivity contribution in [3.8, 4) is 22.6 Å². The summed E-state index contributed by atoms with van der Waals surface area (Å²) >= 11 is 7.44. The zero-order chi connectivity index (χ0) is 20.7. The molecule has 0 unspecified atom stereocenters. The van der Waals surface area contributed by atoms with E-state index < -0.39 is 5.41 Å². The topological polar surface area (TPSA) is 22.4 Å². The maximum Gasteiger partial charge on any atom is 0.178 e. The van der Waals surface area contributed by atoms with Crippen molar-refractivity contribution in [2.75, 3.05) is 0 Å². The molecule has 0 bridgehead atoms. The van der Waals surface area contributed by atoms with Crippen molar-refractivity contribution in [2.24, 2.45) is 0 Å². The zero-order valence-electron chi connectivity index (χ0n) is 16.2. The summed E-state index contributed by atoms with van der Waals surface area (Å²) in [5.41, 5.74) is 6.17. The Morgan fingerprint density at radius 1 is 0.645 bits per heavy atom. The maximum atomic E-state index is 6.62. The highest BCUT2D eigenvalue weighted by atomic mass is 79.9. The van der Waals surface area contributed by atoms with Gasteiger partial charge in [0.15, 0.2) is 11.5 Å². The smallest absolute Gasteiger partial charge is 0.178 e. The molecule has 148 valence electrons. The molecule has 0 saturated carbocycles. The second kappa shape index (κ2) is 6.12. The Labute approximate surface area is 195 Å². The van der Waals surface area contributed by atoms with Crippen LogP contribution in [0.3, 0.4) is 0 Å². The number of hydrogen-bond acceptors (Lipinski definition) is 2. The second-order valence-electron chi connectivity index (χ2n) is 7.98. The van der Waals surface area contributed by atoms with Crippen LogP contribution in [0.2, 0.25) is 0 Å². The number of hydrogen-bond donors (Lipinski definition) is 0. The molecule has 0 N–H and O–H groups in total. The summed E-state index contributed by atoms with van der Waals surface area (Å²) in [6.45, 7) is 0. The van der Waals surface area contributed by atoms with Crippen molar-refractivity contribution in [3.63, 3.8) is 0 Å². The van der Waals surface area contributed by atoms with E-state index >= 15 is 0 Å². The molecule has 4 aromatic carbocycles. The minimum absolute atomic E-state index is 0.596. The van der Waals surface area contributed by atoms with Gasteiger partial charge in [0.2, 0.25) is 0 Å². The summed E-state index contributed by atoms with van der Waals surface area (Å²) in [7, 11) is 0. The highest BCUT2D eigenvalue weighted by Gasteiger charge is 2.54. The standard InChI is InChI=1S/C27H14Br2O2/c28-15-9-11-17-18-12-10-16(29)14-22(18)27(21(17)13-15)20-6-2-4-8-24(20)30-25-19-5-1-3-7-23(19)31-26(25)27/h1-14H. The number of ether oxygens (including phenoxy) is 1. The first-order valence-electron chi connectivity index (χ1n) is 10.1. The lowest BCUT2D eigenvalue weighted by Gasteiger charge is -2.36. The van der Waals surface area contributed by atoms with Crippen molar-refractivity contribution in [3.05, 3.63) is 116 Å². The van der Waals surface area contributed by atoms with E-state index in [9.17, 15) is 0 Å². The molecular formula is C27H14Br2O2. The summed E-state index contributed by atoms with van der Waals surface area (Å²) in [5.74, 6) is 2.50. The van der Waals surface area contributed by atoms with Gasteiger partial charge < -0.3 is 9.15 Å². The van der Waals surface area contributed by atoms with Crippen molar-refractivity contribution >= 4 is 42.8 Å². The fourth-order valence-electron chi connectivity index (χ4n) is 5.27. The van der Waals surface area contributed by atoms with Crippen molar-refractivity contribution < 1.29 is 9.15 Å². The molecule has 1 aromatic heterocycles. The molecule has 0 atom stereocenters. The van der Waals surface area contributed by atoms with Gasteiger partial charge in [0.05, 0.1) is 5.39 Å². The molecule has 1 aliphatic carbocycles. The monoisotopic (exact) mass is 528 g/mol. The summed E-state index contributed by atoms with van der Waals surface area (Å²) in [6, 6.07) is 29.5. The minimum atomic E-state index is -0.596. The Morgan fingerprint density at radius 3 is 2.03 bits per heavy atom. The van der Waals surface area contributed by atoms with E-state index in [2.05, 4.69) is 92.5 Å². The summed E-state index contributed by atoms with van der Waals surface area (Å²) in [6.07, 6.45) is 0. The van der Waals surface area contributed by atoms with Gasteiger partial charge in [-0.25, -0.2) is 0 Å². The Morgan fingerprint density at radius 2 is 1.29 bits per heavy atom. The quantitative estimate of drug-likeness (QED) is 0.197. The molecule has 31 heavy (non-hydrogen) atoms. The largest absolute Gasteiger partial charge is 0.455 e. The molecule has 0 radical (unpaired) electrons. The molecule has 5 aromatic rings. The van der Waals surface area contributed by atoms with E-state index in [0.29, 0.717) is 0 Å². The summed E-state index contributed by atoms with van der Waals surface area (Å²) < 4.78 is 15.2. The van der Waals surface area contributed by atoms with Crippen LogP contribution in [0.15, 0.2) is 98.3 Å². The molecule has 1 spiro atoms. The number of rotatable bonds is 0. The van der Waals surface area contributed by atoms with Crippen LogP contribution in [-0.2, 0) is 5.41 Å². The van der Waals surface area contributed by atoms with Crippen molar-refractivity contribution in [2.45, 2.75) is 5.41 Å². The Bertz CT molecular complexity index is 1500. The molecule has 2 nitrogen and oxygen atoms in total. The molecule has 0 amide bonds. The molecule has 4 heteroatoms. The van der Waals surface area contributed by atoms with Crippen LogP contribution in [0, 0.1) is 0 Å². The fourth-order valence-corrected chi connectivity index (χ4v) is 5.99. The van der Waals surface area contributed by atoms with Crippen LogP contribution in [0.5, 0.6) is 11.5 Å². The van der Waals surface area contributed by atoms with Gasteiger partial charge in [0.25, 0.3) is 0 Å². The van der Waals surface area contributed by atoms with E-state index in [-0.39, 0.29) is 0 Å². The predicted octanol–water partition coefficient (Wildman–Crippen LogP) is 8.43. The lowest BCUT2D eigenvalue weighted by atomic mass is 9.69. The first kappa shape index (κ1) is 17.8. The first-order valence-corrected chi connectivity index (χ1v) is 11.7. The van der Waals surface area contributed by atoms with Crippen molar-refractivity contribution in [1.29, 1.82) is 0 Å². The highest BCUT2D eigenvalue weighted by molar-refractivity contribution is 9.10. The van der Waals surface area contributed by atoms with E-state index in [0.717, 1.165) is 42.7 Å². The number of halogens is 2. The molecule has 1 aliphatic heterocycles. The highest BCUT2D eigenvalue weighted by Crippen LogP contribution is 2.64. The lowest BCUT2D eigenvalue weighted by Crippen LogP contribution is -2.31. The minimum Gasteiger partial charge on any atom is -0.455 e. The molecule has 7 rings (SSSR count). The SMILES string of the molecule is Brc1ccc2c(c1)C1(c3ccccc3Oc3c1oc1ccccc31)c1cc(Br)ccc1-2. The lowest BCUT2D eigenvalue weighted by molar-refractivity contribution is 0.389. The van der Waals surface area contributed by atoms with Gasteiger partial charge in [0, 0.05) is 14.5 Å². The van der Waals surface area contributed by atoms with Crippen LogP contribution in [0.4, 0.5) is 0 Å². The molecule has 2 heterocycles. The summed E-state index contributed by atoms with van der Waals surface area (Å²) in [4.78, 5) is 0. The van der Waals surface area contributed by atoms with Crippen LogP contribution in [0.25, 0.3) is 22.1 Å². The van der Waals surface area contributed by atoms with Gasteiger partial charge in [-0.2, -0.15) is 0 Å². The fraction of sp³-hybridized carbons (Fsp3) is 0.0370. The van der Waals surface area contributed by atoms with E-state index in [1.807, 2.05) is 24.3 Å². The third-order valence-electron chi connectivity index (χ3n) is 6.46. The van der Waals surface area contributed by atoms with Crippen molar-refractivity contribution in [1.82, 2.24) is 0 Å². The number of fused-ring (bicyclic) bond motifs is 11. The second-order valence-corrected chi connectivity index (χ2v) is 9.82. The Kier molecular flexibility index (Phi) is 3.52. The van der Waals surface area contributed by atoms with E-state index in [4.69, 9.17) is 9.15 Å². The van der Waals surface area contributed by atoms with Gasteiger partial charge in [0.1, 0.15) is 16.7 Å². The van der Waals surface area contributed by atoms with Crippen LogP contribution < -0.4 is 4.74 Å². The van der Waals surface area contributed by atoms with E-state index in [1.54, 1.807) is 0 Å². The third kappa shape index (κ3) is 2.17. The number of furan rings is 1. The van der Waals surface area contributed by atoms with Gasteiger partial charge in [-0.15, -0.1) is 0 Å². The van der Waals surface area contributed by atoms with E-state index in [1.165, 1.54) is 22.3 Å². The Balaban J connectivity index is 1.74. The first-order chi connectivity index (χ1) is 15.2. The average Bonchev–Trinajstić information content (AvgIpc) is 3.28.